The van der Waals surface area contributed by atoms with Crippen molar-refractivity contribution >= 4 is 12.0 Å². The van der Waals surface area contributed by atoms with Gasteiger partial charge in [0.05, 0.1) is 5.92 Å². The average Bonchev–Trinajstić information content (AvgIpc) is 2.89. The van der Waals surface area contributed by atoms with E-state index in [-0.39, 0.29) is 11.9 Å². The maximum Gasteiger partial charge on any atom is 0.314 e. The standard InChI is InChI=1S/C16H28N2O3/c1-11-2-3-13(8-11)10-18-16(21)17-9-12-4-6-14(7-5-12)15(19)20/h11-14H,2-10H2,1H3,(H,19,20)(H2,17,18,21). The second-order valence-corrected chi connectivity index (χ2v) is 6.93. The Hall–Kier alpha value is -1.26. The maximum absolute atomic E-state index is 11.8. The molecule has 0 aliphatic heterocycles. The summed E-state index contributed by atoms with van der Waals surface area (Å²) in [6.45, 7) is 3.72. The number of hydrogen-bond acceptors (Lipinski definition) is 2. The molecule has 2 rings (SSSR count). The van der Waals surface area contributed by atoms with Crippen LogP contribution in [0, 0.1) is 23.7 Å². The number of rotatable bonds is 5. The van der Waals surface area contributed by atoms with Gasteiger partial charge in [-0.3, -0.25) is 4.79 Å². The van der Waals surface area contributed by atoms with Gasteiger partial charge in [0.1, 0.15) is 0 Å². The zero-order valence-corrected chi connectivity index (χ0v) is 12.9. The smallest absolute Gasteiger partial charge is 0.314 e. The Balaban J connectivity index is 1.56. The first-order valence-corrected chi connectivity index (χ1v) is 8.29. The van der Waals surface area contributed by atoms with Gasteiger partial charge >= 0.3 is 12.0 Å². The van der Waals surface area contributed by atoms with Crippen LogP contribution in [0.2, 0.25) is 0 Å². The summed E-state index contributed by atoms with van der Waals surface area (Å²) in [7, 11) is 0. The molecule has 2 aliphatic rings. The third-order valence-electron chi connectivity index (χ3n) is 5.10. The summed E-state index contributed by atoms with van der Waals surface area (Å²) < 4.78 is 0. The lowest BCUT2D eigenvalue weighted by Gasteiger charge is -2.26. The van der Waals surface area contributed by atoms with Gasteiger partial charge in [0, 0.05) is 13.1 Å². The van der Waals surface area contributed by atoms with Crippen LogP contribution in [0.3, 0.4) is 0 Å². The molecule has 120 valence electrons. The molecule has 5 nitrogen and oxygen atoms in total. The minimum Gasteiger partial charge on any atom is -0.481 e. The lowest BCUT2D eigenvalue weighted by molar-refractivity contribution is -0.143. The monoisotopic (exact) mass is 296 g/mol. The van der Waals surface area contributed by atoms with Crippen molar-refractivity contribution < 1.29 is 14.7 Å². The number of urea groups is 1. The van der Waals surface area contributed by atoms with Crippen LogP contribution in [0.4, 0.5) is 4.79 Å². The van der Waals surface area contributed by atoms with Gasteiger partial charge in [-0.05, 0) is 56.3 Å². The molecule has 0 spiro atoms. The fourth-order valence-corrected chi connectivity index (χ4v) is 3.66. The summed E-state index contributed by atoms with van der Waals surface area (Å²) in [5.41, 5.74) is 0. The predicted molar refractivity (Wildman–Crippen MR) is 81.0 cm³/mol. The number of aliphatic carboxylic acids is 1. The van der Waals surface area contributed by atoms with Crippen molar-refractivity contribution in [3.63, 3.8) is 0 Å². The number of nitrogens with one attached hydrogen (secondary N) is 2. The first-order valence-electron chi connectivity index (χ1n) is 8.29. The van der Waals surface area contributed by atoms with E-state index < -0.39 is 5.97 Å². The van der Waals surface area contributed by atoms with Crippen LogP contribution in [-0.4, -0.2) is 30.2 Å². The predicted octanol–water partition coefficient (Wildman–Crippen LogP) is 2.61. The highest BCUT2D eigenvalue weighted by atomic mass is 16.4. The van der Waals surface area contributed by atoms with Crippen molar-refractivity contribution in [2.45, 2.75) is 51.9 Å². The second kappa shape index (κ2) is 7.66. The van der Waals surface area contributed by atoms with Gasteiger partial charge < -0.3 is 15.7 Å². The molecule has 2 saturated carbocycles. The third-order valence-corrected chi connectivity index (χ3v) is 5.10. The van der Waals surface area contributed by atoms with E-state index in [4.69, 9.17) is 5.11 Å². The van der Waals surface area contributed by atoms with E-state index in [1.807, 2.05) is 0 Å². The third kappa shape index (κ3) is 5.21. The molecule has 2 atom stereocenters. The molecule has 0 aromatic heterocycles. The van der Waals surface area contributed by atoms with Crippen molar-refractivity contribution in [1.29, 1.82) is 0 Å². The SMILES string of the molecule is CC1CCC(CNC(=O)NCC2CCC(C(=O)O)CC2)C1. The van der Waals surface area contributed by atoms with Crippen LogP contribution < -0.4 is 10.6 Å². The topological polar surface area (TPSA) is 78.4 Å². The number of carboxylic acids is 1. The van der Waals surface area contributed by atoms with E-state index in [0.29, 0.717) is 18.4 Å². The van der Waals surface area contributed by atoms with Gasteiger partial charge in [0.2, 0.25) is 0 Å². The Kier molecular flexibility index (Phi) is 5.88. The molecule has 21 heavy (non-hydrogen) atoms. The lowest BCUT2D eigenvalue weighted by Crippen LogP contribution is -2.40. The van der Waals surface area contributed by atoms with Crippen LogP contribution >= 0.6 is 0 Å². The Labute approximate surface area is 126 Å². The molecule has 0 bridgehead atoms. The summed E-state index contributed by atoms with van der Waals surface area (Å²) in [6, 6.07) is -0.0742. The van der Waals surface area contributed by atoms with E-state index in [1.165, 1.54) is 19.3 Å². The largest absolute Gasteiger partial charge is 0.481 e. The van der Waals surface area contributed by atoms with Gasteiger partial charge in [-0.1, -0.05) is 13.3 Å². The van der Waals surface area contributed by atoms with Crippen LogP contribution in [-0.2, 0) is 4.79 Å². The van der Waals surface area contributed by atoms with Crippen molar-refractivity contribution in [3.05, 3.63) is 0 Å². The lowest BCUT2D eigenvalue weighted by atomic mass is 9.82. The first kappa shape index (κ1) is 16.1. The molecule has 0 aromatic rings. The zero-order chi connectivity index (χ0) is 15.2. The maximum atomic E-state index is 11.8. The van der Waals surface area contributed by atoms with Crippen LogP contribution in [0.15, 0.2) is 0 Å². The molecule has 2 unspecified atom stereocenters. The van der Waals surface area contributed by atoms with Crippen LogP contribution in [0.25, 0.3) is 0 Å². The van der Waals surface area contributed by atoms with Gasteiger partial charge in [-0.15, -0.1) is 0 Å². The van der Waals surface area contributed by atoms with Gasteiger partial charge in [0.25, 0.3) is 0 Å². The number of carbonyl (C=O) groups is 2. The molecular formula is C16H28N2O3. The molecule has 0 heterocycles. The number of carboxylic acid groups (broad SMARTS) is 1. The Morgan fingerprint density at radius 2 is 1.52 bits per heavy atom. The highest BCUT2D eigenvalue weighted by Gasteiger charge is 2.26. The Morgan fingerprint density at radius 3 is 2.05 bits per heavy atom. The van der Waals surface area contributed by atoms with Crippen molar-refractivity contribution in [2.75, 3.05) is 13.1 Å². The summed E-state index contributed by atoms with van der Waals surface area (Å²) in [5.74, 6) is 1.00. The summed E-state index contributed by atoms with van der Waals surface area (Å²) in [6.07, 6.45) is 7.00. The second-order valence-electron chi connectivity index (χ2n) is 6.93. The molecule has 2 amide bonds. The molecule has 0 radical (unpaired) electrons. The number of hydrogen-bond donors (Lipinski definition) is 3. The molecular weight excluding hydrogens is 268 g/mol. The van der Waals surface area contributed by atoms with Gasteiger partial charge in [0.15, 0.2) is 0 Å². The normalized spacial score (nSPS) is 32.6. The van der Waals surface area contributed by atoms with Crippen LogP contribution in [0.5, 0.6) is 0 Å². The average molecular weight is 296 g/mol. The minimum atomic E-state index is -0.676. The highest BCUT2D eigenvalue weighted by molar-refractivity contribution is 5.73. The molecule has 2 aliphatic carbocycles. The van der Waals surface area contributed by atoms with E-state index >= 15 is 0 Å². The van der Waals surface area contributed by atoms with Crippen molar-refractivity contribution in [3.8, 4) is 0 Å². The summed E-state index contributed by atoms with van der Waals surface area (Å²) in [5, 5.41) is 14.9. The zero-order valence-electron chi connectivity index (χ0n) is 12.9. The molecule has 3 N–H and O–H groups in total. The number of carbonyl (C=O) groups excluding carboxylic acids is 1. The van der Waals surface area contributed by atoms with E-state index in [0.717, 1.165) is 38.1 Å². The summed E-state index contributed by atoms with van der Waals surface area (Å²) in [4.78, 5) is 22.7. The Morgan fingerprint density at radius 1 is 0.952 bits per heavy atom. The van der Waals surface area contributed by atoms with Crippen molar-refractivity contribution in [1.82, 2.24) is 10.6 Å². The first-order chi connectivity index (χ1) is 10.0. The van der Waals surface area contributed by atoms with E-state index in [9.17, 15) is 9.59 Å². The fraction of sp³-hybridized carbons (Fsp3) is 0.875. The minimum absolute atomic E-state index is 0.0742. The van der Waals surface area contributed by atoms with E-state index in [1.54, 1.807) is 0 Å². The Bertz CT molecular complexity index is 365. The highest BCUT2D eigenvalue weighted by Crippen LogP contribution is 2.30. The molecule has 2 fully saturated rings. The summed E-state index contributed by atoms with van der Waals surface area (Å²) >= 11 is 0. The molecule has 0 aromatic carbocycles. The van der Waals surface area contributed by atoms with Gasteiger partial charge in [-0.25, -0.2) is 4.79 Å². The molecule has 5 heteroatoms. The quantitative estimate of drug-likeness (QED) is 0.729. The molecule has 0 saturated heterocycles. The fourth-order valence-electron chi connectivity index (χ4n) is 3.66. The number of amides is 2. The van der Waals surface area contributed by atoms with Gasteiger partial charge in [-0.2, -0.15) is 0 Å². The van der Waals surface area contributed by atoms with Crippen LogP contribution in [0.1, 0.15) is 51.9 Å². The van der Waals surface area contributed by atoms with Crippen molar-refractivity contribution in [2.24, 2.45) is 23.7 Å². The van der Waals surface area contributed by atoms with E-state index in [2.05, 4.69) is 17.6 Å².